The Morgan fingerprint density at radius 3 is 2.74 bits per heavy atom. The van der Waals surface area contributed by atoms with Gasteiger partial charge in [-0.3, -0.25) is 14.6 Å². The van der Waals surface area contributed by atoms with Crippen LogP contribution in [0, 0.1) is 0 Å². The highest BCUT2D eigenvalue weighted by Crippen LogP contribution is 2.33. The van der Waals surface area contributed by atoms with Gasteiger partial charge in [0.2, 0.25) is 0 Å². The van der Waals surface area contributed by atoms with Crippen molar-refractivity contribution in [1.82, 2.24) is 10.3 Å². The molecule has 2 aromatic rings. The van der Waals surface area contributed by atoms with Crippen LogP contribution in [0.1, 0.15) is 43.5 Å². The molecule has 1 aliphatic rings. The summed E-state index contributed by atoms with van der Waals surface area (Å²) in [5, 5.41) is 4.29. The molecule has 0 radical (unpaired) electrons. The van der Waals surface area contributed by atoms with Crippen LogP contribution < -0.4 is 10.2 Å². The summed E-state index contributed by atoms with van der Waals surface area (Å²) < 4.78 is 0. The van der Waals surface area contributed by atoms with Gasteiger partial charge in [-0.05, 0) is 51.3 Å². The second-order valence-electron chi connectivity index (χ2n) is 6.84. The van der Waals surface area contributed by atoms with Crippen LogP contribution in [-0.4, -0.2) is 35.8 Å². The Morgan fingerprint density at radius 2 is 2.11 bits per heavy atom. The number of carbonyl (C=O) groups excluding carboxylic acids is 2. The molecule has 0 spiro atoms. The average Bonchev–Trinajstić information content (AvgIpc) is 2.59. The summed E-state index contributed by atoms with van der Waals surface area (Å²) in [4.78, 5) is 31.1. The quantitative estimate of drug-likeness (QED) is 0.727. The smallest absolute Gasteiger partial charge is 0.253 e. The van der Waals surface area contributed by atoms with Gasteiger partial charge in [0.1, 0.15) is 0 Å². The van der Waals surface area contributed by atoms with Crippen molar-refractivity contribution >= 4 is 39.9 Å². The highest BCUT2D eigenvalue weighted by Gasteiger charge is 2.20. The second kappa shape index (κ2) is 8.53. The molecule has 1 N–H and O–H groups in total. The first-order valence-corrected chi connectivity index (χ1v) is 9.64. The minimum atomic E-state index is -0.498. The molecule has 1 saturated heterocycles. The zero-order chi connectivity index (χ0) is 19.4. The molecule has 1 amide bonds. The minimum Gasteiger partial charge on any atom is -0.370 e. The van der Waals surface area contributed by atoms with E-state index in [4.69, 9.17) is 11.6 Å². The van der Waals surface area contributed by atoms with Gasteiger partial charge in [0.05, 0.1) is 27.8 Å². The van der Waals surface area contributed by atoms with Crippen LogP contribution in [0.5, 0.6) is 0 Å². The molecule has 0 unspecified atom stereocenters. The van der Waals surface area contributed by atoms with Gasteiger partial charge in [0.15, 0.2) is 5.78 Å². The van der Waals surface area contributed by atoms with Crippen molar-refractivity contribution in [2.45, 2.75) is 39.2 Å². The first-order valence-electron chi connectivity index (χ1n) is 9.26. The summed E-state index contributed by atoms with van der Waals surface area (Å²) in [6.07, 6.45) is 7.96. The van der Waals surface area contributed by atoms with Gasteiger partial charge in [-0.25, -0.2) is 0 Å². The maximum absolute atomic E-state index is 12.6. The molecule has 3 rings (SSSR count). The Bertz CT molecular complexity index is 890. The molecular formula is C21H24ClN3O2. The lowest BCUT2D eigenvalue weighted by Gasteiger charge is -2.34. The second-order valence-corrected chi connectivity index (χ2v) is 7.25. The van der Waals surface area contributed by atoms with Crippen molar-refractivity contribution < 1.29 is 9.59 Å². The van der Waals surface area contributed by atoms with Crippen LogP contribution in [0.4, 0.5) is 5.69 Å². The highest BCUT2D eigenvalue weighted by atomic mass is 35.5. The number of nitrogens with one attached hydrogen (secondary N) is 1. The number of Topliss-reactive ketones (excluding diaryl/α,β-unsaturated/α-hetero) is 1. The third kappa shape index (κ3) is 4.48. The number of halogens is 1. The Balaban J connectivity index is 1.79. The maximum Gasteiger partial charge on any atom is 0.253 e. The van der Waals surface area contributed by atoms with Gasteiger partial charge in [-0.1, -0.05) is 23.8 Å². The Labute approximate surface area is 164 Å². The number of nitrogens with zero attached hydrogens (tertiary/aromatic N) is 2. The Hall–Kier alpha value is -2.40. The first kappa shape index (κ1) is 19.4. The van der Waals surface area contributed by atoms with Crippen LogP contribution in [0.15, 0.2) is 36.5 Å². The van der Waals surface area contributed by atoms with Gasteiger partial charge < -0.3 is 10.2 Å². The van der Waals surface area contributed by atoms with Gasteiger partial charge in [-0.2, -0.15) is 0 Å². The van der Waals surface area contributed by atoms with Crippen molar-refractivity contribution in [3.63, 3.8) is 0 Å². The van der Waals surface area contributed by atoms with Gasteiger partial charge in [0, 0.05) is 24.7 Å². The third-order valence-electron chi connectivity index (χ3n) is 4.86. The molecule has 1 aromatic heterocycles. The standard InChI is InChI=1S/C21H24ClN3O2/c1-3-4-5-7-18(14(2)26)24-21(27)16-10-15-11-17(22)20(25-8-6-9-25)12-19(15)23-13-16/h3-4,10-13,18H,5-9H2,1-2H3,(H,24,27)/b4-3-/t18-/m0/s1. The molecule has 27 heavy (non-hydrogen) atoms. The van der Waals surface area contributed by atoms with Crippen molar-refractivity contribution in [1.29, 1.82) is 0 Å². The topological polar surface area (TPSA) is 62.3 Å². The van der Waals surface area contributed by atoms with E-state index in [2.05, 4.69) is 15.2 Å². The van der Waals surface area contributed by atoms with E-state index in [0.717, 1.165) is 36.1 Å². The molecule has 1 aliphatic heterocycles. The molecule has 2 heterocycles. The van der Waals surface area contributed by atoms with E-state index in [0.29, 0.717) is 17.0 Å². The van der Waals surface area contributed by atoms with Crippen molar-refractivity contribution in [2.75, 3.05) is 18.0 Å². The largest absolute Gasteiger partial charge is 0.370 e. The lowest BCUT2D eigenvalue weighted by molar-refractivity contribution is -0.118. The first-order chi connectivity index (χ1) is 13.0. The van der Waals surface area contributed by atoms with E-state index in [1.807, 2.05) is 31.2 Å². The molecule has 1 atom stereocenters. The summed E-state index contributed by atoms with van der Waals surface area (Å²) in [5.41, 5.74) is 2.21. The molecule has 5 nitrogen and oxygen atoms in total. The van der Waals surface area contributed by atoms with Crippen molar-refractivity contribution in [3.8, 4) is 0 Å². The summed E-state index contributed by atoms with van der Waals surface area (Å²) >= 11 is 6.42. The monoisotopic (exact) mass is 385 g/mol. The number of ketones is 1. The number of allylic oxidation sites excluding steroid dienone is 2. The Kier molecular flexibility index (Phi) is 6.11. The van der Waals surface area contributed by atoms with E-state index in [9.17, 15) is 9.59 Å². The van der Waals surface area contributed by atoms with Crippen LogP contribution in [0.2, 0.25) is 5.02 Å². The number of rotatable bonds is 7. The molecule has 1 aromatic carbocycles. The fraction of sp³-hybridized carbons (Fsp3) is 0.381. The molecular weight excluding hydrogens is 362 g/mol. The fourth-order valence-corrected chi connectivity index (χ4v) is 3.40. The molecule has 0 aliphatic carbocycles. The summed E-state index contributed by atoms with van der Waals surface area (Å²) in [6.45, 7) is 5.44. The summed E-state index contributed by atoms with van der Waals surface area (Å²) in [7, 11) is 0. The fourth-order valence-electron chi connectivity index (χ4n) is 3.11. The third-order valence-corrected chi connectivity index (χ3v) is 5.17. The molecule has 1 fully saturated rings. The predicted molar refractivity (Wildman–Crippen MR) is 110 cm³/mol. The SMILES string of the molecule is C/C=C\CC[C@H](NC(=O)c1cnc2cc(N3CCC3)c(Cl)cc2c1)C(C)=O. The Morgan fingerprint density at radius 1 is 1.33 bits per heavy atom. The van der Waals surface area contributed by atoms with Crippen LogP contribution in [-0.2, 0) is 4.79 Å². The van der Waals surface area contributed by atoms with Crippen molar-refractivity contribution in [2.24, 2.45) is 0 Å². The number of hydrogen-bond donors (Lipinski definition) is 1. The van der Waals surface area contributed by atoms with Crippen LogP contribution >= 0.6 is 11.6 Å². The molecule has 0 bridgehead atoms. The van der Waals surface area contributed by atoms with Gasteiger partial charge in [0.25, 0.3) is 5.91 Å². The number of pyridine rings is 1. The van der Waals surface area contributed by atoms with Crippen molar-refractivity contribution in [3.05, 3.63) is 47.1 Å². The van der Waals surface area contributed by atoms with Crippen LogP contribution in [0.3, 0.4) is 0 Å². The van der Waals surface area contributed by atoms with E-state index in [-0.39, 0.29) is 11.7 Å². The normalized spacial score (nSPS) is 15.0. The number of fused-ring (bicyclic) bond motifs is 1. The molecule has 6 heteroatoms. The number of carbonyl (C=O) groups is 2. The zero-order valence-electron chi connectivity index (χ0n) is 15.7. The van der Waals surface area contributed by atoms with E-state index >= 15 is 0 Å². The molecule has 0 saturated carbocycles. The van der Waals surface area contributed by atoms with Gasteiger partial charge in [-0.15, -0.1) is 0 Å². The van der Waals surface area contributed by atoms with Crippen LogP contribution in [0.25, 0.3) is 10.9 Å². The van der Waals surface area contributed by atoms with Gasteiger partial charge >= 0.3 is 0 Å². The number of anilines is 1. The lowest BCUT2D eigenvalue weighted by atomic mass is 10.1. The number of aromatic nitrogens is 1. The summed E-state index contributed by atoms with van der Waals surface area (Å²) in [6, 6.07) is 5.09. The van der Waals surface area contributed by atoms with E-state index < -0.39 is 6.04 Å². The number of amides is 1. The molecule has 142 valence electrons. The highest BCUT2D eigenvalue weighted by molar-refractivity contribution is 6.34. The minimum absolute atomic E-state index is 0.0520. The number of benzene rings is 1. The van der Waals surface area contributed by atoms with E-state index in [1.165, 1.54) is 13.3 Å². The lowest BCUT2D eigenvalue weighted by Crippen LogP contribution is -2.39. The maximum atomic E-state index is 12.6. The number of hydrogen-bond acceptors (Lipinski definition) is 4. The predicted octanol–water partition coefficient (Wildman–Crippen LogP) is 4.14. The van der Waals surface area contributed by atoms with E-state index in [1.54, 1.807) is 12.3 Å². The zero-order valence-corrected chi connectivity index (χ0v) is 16.4. The average molecular weight is 386 g/mol. The summed E-state index contributed by atoms with van der Waals surface area (Å²) in [5.74, 6) is -0.350.